The lowest BCUT2D eigenvalue weighted by Crippen LogP contribution is -2.43. The van der Waals surface area contributed by atoms with Crippen LogP contribution in [0.1, 0.15) is 68.1 Å². The van der Waals surface area contributed by atoms with Crippen LogP contribution in [-0.2, 0) is 18.5 Å². The Bertz CT molecular complexity index is 968. The molecule has 2 aromatic rings. The number of ether oxygens (including phenoxy) is 1. The van der Waals surface area contributed by atoms with E-state index in [1.807, 2.05) is 18.2 Å². The first-order chi connectivity index (χ1) is 15.5. The van der Waals surface area contributed by atoms with Gasteiger partial charge in [0.05, 0.1) is 5.71 Å². The summed E-state index contributed by atoms with van der Waals surface area (Å²) in [6.45, 7) is 4.73. The van der Waals surface area contributed by atoms with Crippen LogP contribution >= 0.6 is 0 Å². The Balaban J connectivity index is 1.15. The Kier molecular flexibility index (Phi) is 5.93. The van der Waals surface area contributed by atoms with Crippen LogP contribution in [0.5, 0.6) is 5.75 Å². The number of hydrogen-bond acceptors (Lipinski definition) is 6. The van der Waals surface area contributed by atoms with E-state index in [9.17, 15) is 0 Å². The van der Waals surface area contributed by atoms with Crippen LogP contribution in [0.15, 0.2) is 29.4 Å². The lowest BCUT2D eigenvalue weighted by molar-refractivity contribution is -0.0578. The first kappa shape index (κ1) is 21.4. The Morgan fingerprint density at radius 2 is 1.81 bits per heavy atom. The minimum absolute atomic E-state index is 0.0194. The van der Waals surface area contributed by atoms with Crippen LogP contribution in [0, 0.1) is 12.8 Å². The fourth-order valence-electron chi connectivity index (χ4n) is 5.46. The maximum absolute atomic E-state index is 6.02. The maximum Gasteiger partial charge on any atom is 0.170 e. The van der Waals surface area contributed by atoms with Gasteiger partial charge in [-0.1, -0.05) is 17.3 Å². The first-order valence-electron chi connectivity index (χ1n) is 12.0. The van der Waals surface area contributed by atoms with Gasteiger partial charge < -0.3 is 19.0 Å². The van der Waals surface area contributed by atoms with Gasteiger partial charge in [0.1, 0.15) is 23.8 Å². The summed E-state index contributed by atoms with van der Waals surface area (Å²) in [5.74, 6) is 3.85. The second-order valence-corrected chi connectivity index (χ2v) is 10.0. The van der Waals surface area contributed by atoms with E-state index in [0.29, 0.717) is 18.4 Å². The average molecular weight is 438 g/mol. The molecule has 2 fully saturated rings. The molecule has 0 atom stereocenters. The number of aromatic nitrogens is 3. The summed E-state index contributed by atoms with van der Waals surface area (Å²) in [4.78, 5) is 8.41. The summed E-state index contributed by atoms with van der Waals surface area (Å²) in [5, 5.41) is 13.6. The smallest absolute Gasteiger partial charge is 0.170 e. The predicted octanol–water partition coefficient (Wildman–Crippen LogP) is 4.22. The largest absolute Gasteiger partial charge is 0.486 e. The van der Waals surface area contributed by atoms with Crippen molar-refractivity contribution in [3.63, 3.8) is 0 Å². The molecule has 172 valence electrons. The lowest BCUT2D eigenvalue weighted by Gasteiger charge is -2.35. The van der Waals surface area contributed by atoms with Gasteiger partial charge in [-0.05, 0) is 57.4 Å². The molecule has 0 unspecified atom stereocenters. The van der Waals surface area contributed by atoms with Crippen molar-refractivity contribution in [1.82, 2.24) is 19.7 Å². The van der Waals surface area contributed by atoms with Crippen molar-refractivity contribution in [2.75, 3.05) is 20.1 Å². The third-order valence-electron chi connectivity index (χ3n) is 7.68. The van der Waals surface area contributed by atoms with Crippen LogP contribution in [0.2, 0.25) is 0 Å². The first-order valence-corrected chi connectivity index (χ1v) is 12.0. The highest BCUT2D eigenvalue weighted by molar-refractivity contribution is 5.88. The Hall–Kier alpha value is -2.41. The number of oxime groups is 1. The number of benzene rings is 1. The fraction of sp³-hybridized carbons (Fsp3) is 0.640. The highest BCUT2D eigenvalue weighted by Gasteiger charge is 2.43. The lowest BCUT2D eigenvalue weighted by atomic mass is 9.76. The van der Waals surface area contributed by atoms with Gasteiger partial charge in [-0.2, -0.15) is 0 Å². The molecule has 0 N–H and O–H groups in total. The Morgan fingerprint density at radius 1 is 1.06 bits per heavy atom. The van der Waals surface area contributed by atoms with Crippen molar-refractivity contribution in [2.24, 2.45) is 18.1 Å². The zero-order valence-corrected chi connectivity index (χ0v) is 19.6. The predicted molar refractivity (Wildman–Crippen MR) is 124 cm³/mol. The van der Waals surface area contributed by atoms with E-state index in [1.54, 1.807) is 0 Å². The SMILES string of the molecule is Cc1cccc(OCc2nnc(C3CCC(C4=NOC5(CCN(C)CC5)C4)CC3)n2C)c1. The van der Waals surface area contributed by atoms with Crippen LogP contribution in [-0.4, -0.2) is 51.1 Å². The van der Waals surface area contributed by atoms with Crippen molar-refractivity contribution in [3.8, 4) is 5.75 Å². The maximum atomic E-state index is 6.02. The Labute approximate surface area is 190 Å². The molecule has 1 aromatic carbocycles. The molecule has 1 spiro atoms. The summed E-state index contributed by atoms with van der Waals surface area (Å²) in [6, 6.07) is 8.11. The van der Waals surface area contributed by atoms with Gasteiger partial charge in [0.2, 0.25) is 0 Å². The van der Waals surface area contributed by atoms with E-state index < -0.39 is 0 Å². The highest BCUT2D eigenvalue weighted by atomic mass is 16.7. The zero-order chi connectivity index (χ0) is 22.1. The zero-order valence-electron chi connectivity index (χ0n) is 19.6. The van der Waals surface area contributed by atoms with Gasteiger partial charge in [0.25, 0.3) is 0 Å². The molecule has 1 saturated heterocycles. The molecule has 1 aliphatic carbocycles. The normalized spacial score (nSPS) is 25.5. The van der Waals surface area contributed by atoms with Crippen LogP contribution in [0.25, 0.3) is 0 Å². The van der Waals surface area contributed by atoms with Crippen LogP contribution in [0.4, 0.5) is 0 Å². The quantitative estimate of drug-likeness (QED) is 0.701. The van der Waals surface area contributed by atoms with Crippen molar-refractivity contribution in [3.05, 3.63) is 41.5 Å². The van der Waals surface area contributed by atoms with Gasteiger partial charge in [-0.3, -0.25) is 0 Å². The molecule has 0 radical (unpaired) electrons. The van der Waals surface area contributed by atoms with E-state index >= 15 is 0 Å². The van der Waals surface area contributed by atoms with E-state index in [4.69, 9.17) is 9.57 Å². The van der Waals surface area contributed by atoms with Crippen LogP contribution in [0.3, 0.4) is 0 Å². The van der Waals surface area contributed by atoms with Crippen LogP contribution < -0.4 is 4.74 Å². The second kappa shape index (κ2) is 8.85. The number of hydrogen-bond donors (Lipinski definition) is 0. The summed E-state index contributed by atoms with van der Waals surface area (Å²) in [5.41, 5.74) is 2.48. The molecular weight excluding hydrogens is 402 g/mol. The van der Waals surface area contributed by atoms with Gasteiger partial charge in [0.15, 0.2) is 5.82 Å². The Morgan fingerprint density at radius 3 is 2.56 bits per heavy atom. The molecule has 7 nitrogen and oxygen atoms in total. The molecular formula is C25H35N5O2. The summed E-state index contributed by atoms with van der Waals surface area (Å²) >= 11 is 0. The summed E-state index contributed by atoms with van der Waals surface area (Å²) < 4.78 is 8.07. The number of nitrogens with zero attached hydrogens (tertiary/aromatic N) is 5. The molecule has 3 aliphatic rings. The van der Waals surface area contributed by atoms with E-state index in [1.165, 1.54) is 11.3 Å². The highest BCUT2D eigenvalue weighted by Crippen LogP contribution is 2.41. The molecule has 0 amide bonds. The van der Waals surface area contributed by atoms with E-state index in [0.717, 1.165) is 75.4 Å². The molecule has 0 bridgehead atoms. The van der Waals surface area contributed by atoms with Crippen molar-refractivity contribution < 1.29 is 9.57 Å². The van der Waals surface area contributed by atoms with E-state index in [2.05, 4.69) is 51.9 Å². The molecule has 1 saturated carbocycles. The third kappa shape index (κ3) is 4.40. The van der Waals surface area contributed by atoms with E-state index in [-0.39, 0.29) is 5.60 Å². The van der Waals surface area contributed by atoms with Gasteiger partial charge >= 0.3 is 0 Å². The number of piperidine rings is 1. The molecule has 2 aliphatic heterocycles. The third-order valence-corrected chi connectivity index (χ3v) is 7.68. The average Bonchev–Trinajstić information content (AvgIpc) is 3.39. The van der Waals surface area contributed by atoms with Crippen molar-refractivity contribution in [2.45, 2.75) is 70.0 Å². The second-order valence-electron chi connectivity index (χ2n) is 10.0. The molecule has 7 heteroatoms. The summed E-state index contributed by atoms with van der Waals surface area (Å²) in [7, 11) is 4.26. The van der Waals surface area contributed by atoms with Gasteiger partial charge in [-0.15, -0.1) is 10.2 Å². The van der Waals surface area contributed by atoms with Gasteiger partial charge in [-0.25, -0.2) is 0 Å². The van der Waals surface area contributed by atoms with Gasteiger partial charge in [0, 0.05) is 51.2 Å². The number of rotatable bonds is 5. The molecule has 32 heavy (non-hydrogen) atoms. The minimum atomic E-state index is -0.0194. The standard InChI is InChI=1S/C25H35N5O2/c1-18-5-4-6-21(15-18)31-17-23-26-27-24(30(23)3)20-9-7-19(8-10-20)22-16-25(32-28-22)11-13-29(2)14-12-25/h4-6,15,19-20H,7-14,16-17H2,1-3H3. The topological polar surface area (TPSA) is 64.8 Å². The minimum Gasteiger partial charge on any atom is -0.486 e. The molecule has 5 rings (SSSR count). The van der Waals surface area contributed by atoms with Crippen molar-refractivity contribution in [1.29, 1.82) is 0 Å². The monoisotopic (exact) mass is 437 g/mol. The fourth-order valence-corrected chi connectivity index (χ4v) is 5.46. The van der Waals surface area contributed by atoms with Crippen molar-refractivity contribution >= 4 is 5.71 Å². The number of likely N-dealkylation sites (tertiary alicyclic amines) is 1. The number of aryl methyl sites for hydroxylation is 1. The summed E-state index contributed by atoms with van der Waals surface area (Å²) in [6.07, 6.45) is 7.79. The molecule has 3 heterocycles. The molecule has 1 aromatic heterocycles.